The predicted octanol–water partition coefficient (Wildman–Crippen LogP) is 5.66. The second-order valence-electron chi connectivity index (χ2n) is 7.50. The number of nitrogens with one attached hydrogen (secondary N) is 1. The van der Waals surface area contributed by atoms with Crippen LogP contribution in [0.4, 0.5) is 4.39 Å². The van der Waals surface area contributed by atoms with E-state index in [0.29, 0.717) is 33.3 Å². The van der Waals surface area contributed by atoms with Gasteiger partial charge in [-0.15, -0.1) is 0 Å². The Bertz CT molecular complexity index is 1530. The normalized spacial score (nSPS) is 11.3. The lowest BCUT2D eigenvalue weighted by molar-refractivity contribution is 0.0956. The Morgan fingerprint density at radius 2 is 1.64 bits per heavy atom. The summed E-state index contributed by atoms with van der Waals surface area (Å²) in [7, 11) is 0. The number of benzene rings is 4. The van der Waals surface area contributed by atoms with E-state index in [9.17, 15) is 14.3 Å². The highest BCUT2D eigenvalue weighted by atomic mass is 19.1. The van der Waals surface area contributed by atoms with Crippen LogP contribution < -0.4 is 5.43 Å². The molecule has 0 atom stereocenters. The van der Waals surface area contributed by atoms with E-state index in [4.69, 9.17) is 0 Å². The van der Waals surface area contributed by atoms with E-state index in [1.807, 2.05) is 54.6 Å². The lowest BCUT2D eigenvalue weighted by atomic mass is 10.0. The Morgan fingerprint density at radius 3 is 2.45 bits per heavy atom. The third-order valence-electron chi connectivity index (χ3n) is 5.41. The van der Waals surface area contributed by atoms with Crippen LogP contribution in [0.3, 0.4) is 0 Å². The van der Waals surface area contributed by atoms with Gasteiger partial charge in [0.05, 0.1) is 23.0 Å². The van der Waals surface area contributed by atoms with E-state index in [0.717, 1.165) is 10.8 Å². The van der Waals surface area contributed by atoms with Crippen molar-refractivity contribution in [2.75, 3.05) is 0 Å². The van der Waals surface area contributed by atoms with Gasteiger partial charge in [-0.1, -0.05) is 48.5 Å². The zero-order valence-electron chi connectivity index (χ0n) is 17.4. The molecule has 0 bridgehead atoms. The summed E-state index contributed by atoms with van der Waals surface area (Å²) in [5.41, 5.74) is 5.34. The number of hydrogen-bond acceptors (Lipinski definition) is 4. The third-order valence-corrected chi connectivity index (χ3v) is 5.41. The summed E-state index contributed by atoms with van der Waals surface area (Å²) in [5, 5.41) is 16.8. The number of hydrazone groups is 1. The number of aromatic nitrogens is 1. The van der Waals surface area contributed by atoms with Gasteiger partial charge in [0, 0.05) is 16.5 Å². The molecular weight excluding hydrogens is 417 g/mol. The van der Waals surface area contributed by atoms with Crippen molar-refractivity contribution in [3.8, 4) is 17.0 Å². The van der Waals surface area contributed by atoms with Gasteiger partial charge in [0.1, 0.15) is 11.6 Å². The molecule has 0 saturated heterocycles. The van der Waals surface area contributed by atoms with Crippen molar-refractivity contribution in [2.45, 2.75) is 0 Å². The molecule has 1 amide bonds. The molecule has 0 unspecified atom stereocenters. The average Bonchev–Trinajstić information content (AvgIpc) is 2.85. The van der Waals surface area contributed by atoms with Crippen molar-refractivity contribution in [3.63, 3.8) is 0 Å². The maximum absolute atomic E-state index is 13.3. The number of phenols is 1. The van der Waals surface area contributed by atoms with Crippen LogP contribution in [0.2, 0.25) is 0 Å². The van der Waals surface area contributed by atoms with Crippen LogP contribution >= 0.6 is 0 Å². The van der Waals surface area contributed by atoms with Crippen LogP contribution in [0.5, 0.6) is 5.75 Å². The first-order valence-electron chi connectivity index (χ1n) is 10.3. The number of phenolic OH excluding ortho intramolecular Hbond substituents is 1. The van der Waals surface area contributed by atoms with Crippen LogP contribution in [0.15, 0.2) is 96.1 Å². The number of aromatic hydroxyl groups is 1. The van der Waals surface area contributed by atoms with Crippen LogP contribution in [0.1, 0.15) is 15.9 Å². The van der Waals surface area contributed by atoms with Crippen molar-refractivity contribution >= 4 is 33.8 Å². The lowest BCUT2D eigenvalue weighted by Gasteiger charge is -2.09. The van der Waals surface area contributed by atoms with Crippen molar-refractivity contribution in [1.82, 2.24) is 10.4 Å². The van der Waals surface area contributed by atoms with Crippen molar-refractivity contribution in [3.05, 3.63) is 108 Å². The third kappa shape index (κ3) is 4.02. The number of carbonyl (C=O) groups excluding carboxylic acids is 1. The number of halogens is 1. The molecule has 0 aliphatic rings. The van der Waals surface area contributed by atoms with Crippen LogP contribution in [-0.4, -0.2) is 22.2 Å². The Balaban J connectivity index is 1.50. The highest BCUT2D eigenvalue weighted by molar-refractivity contribution is 6.08. The molecule has 0 radical (unpaired) electrons. The van der Waals surface area contributed by atoms with E-state index in [-0.39, 0.29) is 11.6 Å². The first-order valence-corrected chi connectivity index (χ1v) is 10.3. The lowest BCUT2D eigenvalue weighted by Crippen LogP contribution is -2.18. The molecule has 2 N–H and O–H groups in total. The van der Waals surface area contributed by atoms with Crippen LogP contribution in [-0.2, 0) is 0 Å². The molecule has 1 heterocycles. The highest BCUT2D eigenvalue weighted by Gasteiger charge is 2.14. The molecule has 0 saturated carbocycles. The van der Waals surface area contributed by atoms with Gasteiger partial charge >= 0.3 is 0 Å². The summed E-state index contributed by atoms with van der Waals surface area (Å²) in [4.78, 5) is 17.7. The number of rotatable bonds is 4. The molecule has 0 aliphatic carbocycles. The first kappa shape index (κ1) is 20.3. The summed E-state index contributed by atoms with van der Waals surface area (Å²) in [6, 6.07) is 25.9. The standard InChI is InChI=1S/C27H18FN3O2/c28-19-12-9-18(10-13-19)25-15-22(21-7-3-4-8-24(21)30-25)27(33)31-29-16-23-20-6-2-1-5-17(20)11-14-26(23)32/h1-16,32H,(H,31,33)/b29-16+. The zero-order valence-corrected chi connectivity index (χ0v) is 17.4. The molecule has 1 aromatic heterocycles. The van der Waals surface area contributed by atoms with Crippen LogP contribution in [0, 0.1) is 5.82 Å². The van der Waals surface area contributed by atoms with Gasteiger partial charge in [-0.2, -0.15) is 5.10 Å². The number of carbonyl (C=O) groups is 1. The fourth-order valence-corrected chi connectivity index (χ4v) is 3.77. The SMILES string of the molecule is O=C(N/N=C/c1c(O)ccc2ccccc12)c1cc(-c2ccc(F)cc2)nc2ccccc12. The molecule has 5 nitrogen and oxygen atoms in total. The van der Waals surface area contributed by atoms with E-state index >= 15 is 0 Å². The predicted molar refractivity (Wildman–Crippen MR) is 128 cm³/mol. The molecule has 160 valence electrons. The highest BCUT2D eigenvalue weighted by Crippen LogP contribution is 2.26. The van der Waals surface area contributed by atoms with Crippen molar-refractivity contribution in [2.24, 2.45) is 5.10 Å². The van der Waals surface area contributed by atoms with E-state index in [1.54, 1.807) is 24.3 Å². The fraction of sp³-hybridized carbons (Fsp3) is 0. The number of hydrogen-bond donors (Lipinski definition) is 2. The number of amides is 1. The van der Waals surface area contributed by atoms with Crippen molar-refractivity contribution < 1.29 is 14.3 Å². The van der Waals surface area contributed by atoms with Gasteiger partial charge in [-0.3, -0.25) is 4.79 Å². The van der Waals surface area contributed by atoms with Gasteiger partial charge in [0.15, 0.2) is 0 Å². The average molecular weight is 435 g/mol. The molecule has 33 heavy (non-hydrogen) atoms. The van der Waals surface area contributed by atoms with Crippen molar-refractivity contribution in [1.29, 1.82) is 0 Å². The van der Waals surface area contributed by atoms with Gasteiger partial charge in [-0.25, -0.2) is 14.8 Å². The number of fused-ring (bicyclic) bond motifs is 2. The minimum absolute atomic E-state index is 0.0691. The number of pyridine rings is 1. The smallest absolute Gasteiger partial charge is 0.272 e. The van der Waals surface area contributed by atoms with Gasteiger partial charge < -0.3 is 5.11 Å². The van der Waals surface area contributed by atoms with Crippen LogP contribution in [0.25, 0.3) is 32.9 Å². The number of para-hydroxylation sites is 1. The molecule has 6 heteroatoms. The second-order valence-corrected chi connectivity index (χ2v) is 7.50. The Kier molecular flexibility index (Phi) is 5.24. The molecule has 4 aromatic carbocycles. The summed E-state index contributed by atoms with van der Waals surface area (Å²) >= 11 is 0. The molecule has 0 fully saturated rings. The summed E-state index contributed by atoms with van der Waals surface area (Å²) in [6.45, 7) is 0. The molecule has 5 aromatic rings. The topological polar surface area (TPSA) is 74.6 Å². The minimum atomic E-state index is -0.423. The summed E-state index contributed by atoms with van der Waals surface area (Å²) in [6.07, 6.45) is 1.43. The molecule has 5 rings (SSSR count). The Hall–Kier alpha value is -4.58. The van der Waals surface area contributed by atoms with Gasteiger partial charge in [-0.05, 0) is 53.2 Å². The summed E-state index contributed by atoms with van der Waals surface area (Å²) < 4.78 is 13.3. The number of nitrogens with zero attached hydrogens (tertiary/aromatic N) is 2. The summed E-state index contributed by atoms with van der Waals surface area (Å²) in [5.74, 6) is -0.698. The van der Waals surface area contributed by atoms with E-state index in [1.165, 1.54) is 18.3 Å². The van der Waals surface area contributed by atoms with E-state index in [2.05, 4.69) is 15.5 Å². The second kappa shape index (κ2) is 8.51. The minimum Gasteiger partial charge on any atom is -0.507 e. The maximum atomic E-state index is 13.3. The molecule has 0 spiro atoms. The largest absolute Gasteiger partial charge is 0.507 e. The monoisotopic (exact) mass is 435 g/mol. The fourth-order valence-electron chi connectivity index (χ4n) is 3.77. The Morgan fingerprint density at radius 1 is 0.909 bits per heavy atom. The Labute approximate surface area is 188 Å². The quantitative estimate of drug-likeness (QED) is 0.282. The van der Waals surface area contributed by atoms with Gasteiger partial charge in [0.2, 0.25) is 0 Å². The maximum Gasteiger partial charge on any atom is 0.272 e. The van der Waals surface area contributed by atoms with Gasteiger partial charge in [0.25, 0.3) is 5.91 Å². The zero-order chi connectivity index (χ0) is 22.8. The first-order chi connectivity index (χ1) is 16.1. The van der Waals surface area contributed by atoms with E-state index < -0.39 is 5.91 Å². The molecule has 0 aliphatic heterocycles. The molecular formula is C27H18FN3O2.